The summed E-state index contributed by atoms with van der Waals surface area (Å²) >= 11 is 3.43. The molecule has 2 aromatic heterocycles. The number of pyridine rings is 1. The summed E-state index contributed by atoms with van der Waals surface area (Å²) in [5.74, 6) is 0.818. The second-order valence-electron chi connectivity index (χ2n) is 8.73. The third-order valence-electron chi connectivity index (χ3n) is 5.97. The summed E-state index contributed by atoms with van der Waals surface area (Å²) in [6, 6.07) is 21.3. The lowest BCUT2D eigenvalue weighted by Gasteiger charge is -2.29. The molecule has 0 spiro atoms. The Morgan fingerprint density at radius 3 is 2.60 bits per heavy atom. The number of hydrogen-bond donors (Lipinski definition) is 1. The van der Waals surface area contributed by atoms with Gasteiger partial charge < -0.3 is 5.32 Å². The molecule has 0 aliphatic heterocycles. The van der Waals surface area contributed by atoms with Gasteiger partial charge in [-0.15, -0.1) is 17.9 Å². The van der Waals surface area contributed by atoms with Gasteiger partial charge in [-0.25, -0.2) is 9.97 Å². The molecule has 2 aromatic carbocycles. The number of anilines is 1. The zero-order valence-corrected chi connectivity index (χ0v) is 21.5. The fourth-order valence-corrected chi connectivity index (χ4v) is 6.18. The van der Waals surface area contributed by atoms with E-state index in [4.69, 9.17) is 4.98 Å². The lowest BCUT2D eigenvalue weighted by Crippen LogP contribution is -2.34. The molecule has 0 unspecified atom stereocenters. The zero-order valence-electron chi connectivity index (χ0n) is 19.9. The van der Waals surface area contributed by atoms with Crippen molar-refractivity contribution in [2.45, 2.75) is 35.0 Å². The van der Waals surface area contributed by atoms with Crippen molar-refractivity contribution in [2.75, 3.05) is 5.32 Å². The van der Waals surface area contributed by atoms with Crippen molar-refractivity contribution in [3.8, 4) is 21.7 Å². The first-order valence-corrected chi connectivity index (χ1v) is 13.2. The minimum Gasteiger partial charge on any atom is -0.357 e. The predicted octanol–water partition coefficient (Wildman–Crippen LogP) is 8.49. The van der Waals surface area contributed by atoms with E-state index in [9.17, 15) is 0 Å². The number of hydrogen-bond acceptors (Lipinski definition) is 5. The Balaban J connectivity index is 1.54. The van der Waals surface area contributed by atoms with Crippen molar-refractivity contribution in [3.63, 3.8) is 0 Å². The number of aromatic nitrogens is 2. The van der Waals surface area contributed by atoms with Crippen molar-refractivity contribution in [3.05, 3.63) is 115 Å². The van der Waals surface area contributed by atoms with Gasteiger partial charge in [0.15, 0.2) is 4.34 Å². The SMILES string of the molecule is C=C[C@@]1(Nc2cc(-c3sc(Sc4ccc(C)cc4)nc3-c3cccc(C)c3)ccn2)C=CC=CC1. The number of allylic oxidation sites excluding steroid dienone is 2. The number of nitrogens with zero attached hydrogens (tertiary/aromatic N) is 2. The summed E-state index contributed by atoms with van der Waals surface area (Å²) in [5.41, 5.74) is 5.37. The summed E-state index contributed by atoms with van der Waals surface area (Å²) in [6.07, 6.45) is 13.0. The third kappa shape index (κ3) is 5.31. The van der Waals surface area contributed by atoms with Crippen LogP contribution in [-0.2, 0) is 0 Å². The molecule has 5 heteroatoms. The van der Waals surface area contributed by atoms with E-state index >= 15 is 0 Å². The Morgan fingerprint density at radius 1 is 1.00 bits per heavy atom. The molecule has 2 heterocycles. The van der Waals surface area contributed by atoms with Crippen molar-refractivity contribution in [1.82, 2.24) is 9.97 Å². The fourth-order valence-electron chi connectivity index (χ4n) is 4.05. The predicted molar refractivity (Wildman–Crippen MR) is 150 cm³/mol. The molecule has 0 amide bonds. The lowest BCUT2D eigenvalue weighted by atomic mass is 9.91. The van der Waals surface area contributed by atoms with Gasteiger partial charge in [-0.2, -0.15) is 0 Å². The summed E-state index contributed by atoms with van der Waals surface area (Å²) in [6.45, 7) is 8.28. The van der Waals surface area contributed by atoms with Crippen molar-refractivity contribution < 1.29 is 0 Å². The van der Waals surface area contributed by atoms with E-state index in [-0.39, 0.29) is 5.54 Å². The molecule has 0 fully saturated rings. The average Bonchev–Trinajstić information content (AvgIpc) is 3.30. The standard InChI is InChI=1S/C30H27N3S2/c1-4-30(16-6-5-7-17-30)33-26-20-24(15-18-31-26)28-27(23-10-8-9-22(3)19-23)32-29(35-28)34-25-13-11-21(2)12-14-25/h4-16,18-20H,1,17H2,2-3H3,(H,31,33)/t30-/m1/s1. The number of benzene rings is 2. The van der Waals surface area contributed by atoms with E-state index in [2.05, 4.69) is 116 Å². The molecule has 5 rings (SSSR count). The zero-order chi connectivity index (χ0) is 24.3. The molecule has 0 bridgehead atoms. The van der Waals surface area contributed by atoms with Crippen LogP contribution in [0, 0.1) is 13.8 Å². The Labute approximate surface area is 215 Å². The van der Waals surface area contributed by atoms with Crippen LogP contribution in [0.5, 0.6) is 0 Å². The second kappa shape index (κ2) is 10.1. The van der Waals surface area contributed by atoms with Crippen LogP contribution < -0.4 is 5.32 Å². The Bertz CT molecular complexity index is 1420. The average molecular weight is 494 g/mol. The highest BCUT2D eigenvalue weighted by molar-refractivity contribution is 8.01. The molecule has 0 saturated carbocycles. The molecule has 3 nitrogen and oxygen atoms in total. The number of aryl methyl sites for hydroxylation is 2. The van der Waals surface area contributed by atoms with E-state index < -0.39 is 0 Å². The highest BCUT2D eigenvalue weighted by Gasteiger charge is 2.24. The highest BCUT2D eigenvalue weighted by Crippen LogP contribution is 2.43. The van der Waals surface area contributed by atoms with Gasteiger partial charge in [0, 0.05) is 16.7 Å². The molecular formula is C30H27N3S2. The van der Waals surface area contributed by atoms with Gasteiger partial charge in [0.05, 0.1) is 16.1 Å². The molecule has 1 atom stereocenters. The number of rotatable bonds is 7. The van der Waals surface area contributed by atoms with Crippen LogP contribution in [0.25, 0.3) is 21.7 Å². The quantitative estimate of drug-likeness (QED) is 0.262. The molecule has 1 aliphatic rings. The molecule has 1 aliphatic carbocycles. The summed E-state index contributed by atoms with van der Waals surface area (Å²) in [4.78, 5) is 12.0. The molecule has 4 aromatic rings. The van der Waals surface area contributed by atoms with Crippen LogP contribution in [0.3, 0.4) is 0 Å². The first-order chi connectivity index (χ1) is 17.0. The Morgan fingerprint density at radius 2 is 1.86 bits per heavy atom. The molecule has 174 valence electrons. The van der Waals surface area contributed by atoms with Crippen LogP contribution in [0.2, 0.25) is 0 Å². The maximum Gasteiger partial charge on any atom is 0.155 e. The molecule has 1 N–H and O–H groups in total. The van der Waals surface area contributed by atoms with Gasteiger partial charge in [0.1, 0.15) is 5.82 Å². The highest BCUT2D eigenvalue weighted by atomic mass is 32.2. The summed E-state index contributed by atoms with van der Waals surface area (Å²) < 4.78 is 1.02. The monoisotopic (exact) mass is 493 g/mol. The Hall–Kier alpha value is -3.41. The van der Waals surface area contributed by atoms with E-state index in [1.807, 2.05) is 12.3 Å². The largest absolute Gasteiger partial charge is 0.357 e. The van der Waals surface area contributed by atoms with E-state index in [1.54, 1.807) is 23.1 Å². The topological polar surface area (TPSA) is 37.8 Å². The van der Waals surface area contributed by atoms with Gasteiger partial charge in [-0.3, -0.25) is 0 Å². The number of thiazole rings is 1. The third-order valence-corrected chi connectivity index (χ3v) is 8.14. The van der Waals surface area contributed by atoms with Crippen molar-refractivity contribution in [2.24, 2.45) is 0 Å². The van der Waals surface area contributed by atoms with Gasteiger partial charge >= 0.3 is 0 Å². The van der Waals surface area contributed by atoms with Crippen LogP contribution in [0.4, 0.5) is 5.82 Å². The van der Waals surface area contributed by atoms with Crippen LogP contribution in [-0.4, -0.2) is 15.5 Å². The minimum absolute atomic E-state index is 0.333. The van der Waals surface area contributed by atoms with E-state index in [0.29, 0.717) is 0 Å². The maximum absolute atomic E-state index is 5.10. The second-order valence-corrected chi connectivity index (χ2v) is 11.1. The molecule has 35 heavy (non-hydrogen) atoms. The fraction of sp³-hybridized carbons (Fsp3) is 0.133. The van der Waals surface area contributed by atoms with Gasteiger partial charge in [-0.1, -0.05) is 83.6 Å². The smallest absolute Gasteiger partial charge is 0.155 e. The van der Waals surface area contributed by atoms with Gasteiger partial charge in [0.2, 0.25) is 0 Å². The Kier molecular flexibility index (Phi) is 6.71. The number of nitrogens with one attached hydrogen (secondary N) is 1. The van der Waals surface area contributed by atoms with Crippen LogP contribution in [0.1, 0.15) is 17.5 Å². The minimum atomic E-state index is -0.333. The molecular weight excluding hydrogens is 466 g/mol. The van der Waals surface area contributed by atoms with Crippen molar-refractivity contribution >= 4 is 28.9 Å². The van der Waals surface area contributed by atoms with Crippen LogP contribution >= 0.6 is 23.1 Å². The first kappa shape index (κ1) is 23.3. The van der Waals surface area contributed by atoms with E-state index in [0.717, 1.165) is 38.3 Å². The van der Waals surface area contributed by atoms with E-state index in [1.165, 1.54) is 16.0 Å². The summed E-state index contributed by atoms with van der Waals surface area (Å²) in [7, 11) is 0. The first-order valence-electron chi connectivity index (χ1n) is 11.6. The lowest BCUT2D eigenvalue weighted by molar-refractivity contribution is 0.712. The normalized spacial score (nSPS) is 16.9. The maximum atomic E-state index is 5.10. The molecule has 0 saturated heterocycles. The van der Waals surface area contributed by atoms with Crippen LogP contribution in [0.15, 0.2) is 113 Å². The van der Waals surface area contributed by atoms with Crippen molar-refractivity contribution in [1.29, 1.82) is 0 Å². The van der Waals surface area contributed by atoms with Gasteiger partial charge in [-0.05, 0) is 56.2 Å². The molecule has 0 radical (unpaired) electrons. The van der Waals surface area contributed by atoms with Gasteiger partial charge in [0.25, 0.3) is 0 Å². The summed E-state index contributed by atoms with van der Waals surface area (Å²) in [5, 5.41) is 3.59.